The Balaban J connectivity index is 2.26. The quantitative estimate of drug-likeness (QED) is 0.831. The van der Waals surface area contributed by atoms with Crippen LogP contribution in [0.3, 0.4) is 0 Å². The zero-order chi connectivity index (χ0) is 14.9. The Morgan fingerprint density at radius 1 is 1.20 bits per heavy atom. The Morgan fingerprint density at radius 2 is 1.80 bits per heavy atom. The highest BCUT2D eigenvalue weighted by Gasteiger charge is 2.15. The van der Waals surface area contributed by atoms with Crippen molar-refractivity contribution in [2.75, 3.05) is 11.1 Å². The largest absolute Gasteiger partial charge is 0.397 e. The van der Waals surface area contributed by atoms with Crippen molar-refractivity contribution in [3.8, 4) is 0 Å². The Hall–Kier alpha value is -2.57. The second kappa shape index (κ2) is 5.20. The molecule has 3 N–H and O–H groups in total. The van der Waals surface area contributed by atoms with Crippen LogP contribution in [0.15, 0.2) is 24.4 Å². The van der Waals surface area contributed by atoms with E-state index in [9.17, 15) is 18.0 Å². The first kappa shape index (κ1) is 13.9. The molecule has 0 atom stereocenters. The lowest BCUT2D eigenvalue weighted by molar-refractivity contribution is 0.102. The lowest BCUT2D eigenvalue weighted by atomic mass is 10.2. The van der Waals surface area contributed by atoms with E-state index in [2.05, 4.69) is 10.3 Å². The van der Waals surface area contributed by atoms with Gasteiger partial charge in [-0.1, -0.05) is 0 Å². The van der Waals surface area contributed by atoms with Gasteiger partial charge in [0.05, 0.1) is 11.9 Å². The summed E-state index contributed by atoms with van der Waals surface area (Å²) < 4.78 is 38.8. The number of amides is 1. The van der Waals surface area contributed by atoms with Crippen molar-refractivity contribution in [1.29, 1.82) is 0 Å². The van der Waals surface area contributed by atoms with Crippen LogP contribution in [-0.2, 0) is 0 Å². The van der Waals surface area contributed by atoms with Crippen LogP contribution in [0.4, 0.5) is 24.7 Å². The predicted molar refractivity (Wildman–Crippen MR) is 67.7 cm³/mol. The number of aryl methyl sites for hydroxylation is 1. The molecule has 1 aromatic carbocycles. The third-order valence-corrected chi connectivity index (χ3v) is 2.64. The van der Waals surface area contributed by atoms with Crippen molar-refractivity contribution >= 4 is 17.4 Å². The highest BCUT2D eigenvalue weighted by molar-refractivity contribution is 6.03. The van der Waals surface area contributed by atoms with E-state index in [0.29, 0.717) is 23.4 Å². The minimum atomic E-state index is -1.62. The van der Waals surface area contributed by atoms with Crippen molar-refractivity contribution in [3.05, 3.63) is 53.0 Å². The Labute approximate surface area is 112 Å². The molecule has 1 aromatic heterocycles. The molecule has 0 unspecified atom stereocenters. The zero-order valence-corrected chi connectivity index (χ0v) is 10.4. The molecule has 2 rings (SSSR count). The number of nitrogens with one attached hydrogen (secondary N) is 1. The monoisotopic (exact) mass is 281 g/mol. The number of hydrogen-bond acceptors (Lipinski definition) is 3. The molecular weight excluding hydrogens is 271 g/mol. The molecule has 4 nitrogen and oxygen atoms in total. The molecule has 104 valence electrons. The van der Waals surface area contributed by atoms with Gasteiger partial charge in [0, 0.05) is 5.56 Å². The smallest absolute Gasteiger partial charge is 0.257 e. The molecule has 0 aliphatic rings. The minimum absolute atomic E-state index is 0.173. The number of hydrogen-bond donors (Lipinski definition) is 2. The predicted octanol–water partition coefficient (Wildman–Crippen LogP) is 2.64. The number of pyridine rings is 1. The Morgan fingerprint density at radius 3 is 2.35 bits per heavy atom. The maximum absolute atomic E-state index is 13.0. The topological polar surface area (TPSA) is 68.0 Å². The van der Waals surface area contributed by atoms with E-state index in [1.54, 1.807) is 6.92 Å². The van der Waals surface area contributed by atoms with Gasteiger partial charge in [-0.15, -0.1) is 0 Å². The van der Waals surface area contributed by atoms with Gasteiger partial charge in [0.1, 0.15) is 5.82 Å². The molecule has 0 aliphatic carbocycles. The van der Waals surface area contributed by atoms with Crippen molar-refractivity contribution in [2.24, 2.45) is 0 Å². The van der Waals surface area contributed by atoms with Crippen LogP contribution in [0.2, 0.25) is 0 Å². The number of benzene rings is 1. The van der Waals surface area contributed by atoms with E-state index in [1.165, 1.54) is 12.3 Å². The first-order chi connectivity index (χ1) is 9.38. The van der Waals surface area contributed by atoms with Gasteiger partial charge in [-0.3, -0.25) is 4.79 Å². The summed E-state index contributed by atoms with van der Waals surface area (Å²) in [5, 5.41) is 2.34. The third-order valence-electron chi connectivity index (χ3n) is 2.64. The van der Waals surface area contributed by atoms with Crippen molar-refractivity contribution in [3.63, 3.8) is 0 Å². The van der Waals surface area contributed by atoms with Crippen molar-refractivity contribution in [1.82, 2.24) is 4.98 Å². The fourth-order valence-electron chi connectivity index (χ4n) is 1.51. The maximum Gasteiger partial charge on any atom is 0.257 e. The molecule has 7 heteroatoms. The number of carbonyl (C=O) groups excluding carboxylic acids is 1. The highest BCUT2D eigenvalue weighted by atomic mass is 19.2. The summed E-state index contributed by atoms with van der Waals surface area (Å²) in [7, 11) is 0. The van der Waals surface area contributed by atoms with Gasteiger partial charge in [-0.05, 0) is 30.7 Å². The Bertz CT molecular complexity index is 666. The second-order valence-corrected chi connectivity index (χ2v) is 4.13. The third kappa shape index (κ3) is 2.71. The fraction of sp³-hybridized carbons (Fsp3) is 0.0769. The standard InChI is InChI=1S/C13H10F3N3O/c1-6-2-11(18-5-10(6)17)19-13(20)7-3-8(14)12(16)9(15)4-7/h2-5H,17H2,1H3,(H,18,19,20). The van der Waals surface area contributed by atoms with Gasteiger partial charge in [-0.2, -0.15) is 0 Å². The molecule has 0 bridgehead atoms. The van der Waals surface area contributed by atoms with Gasteiger partial charge in [0.2, 0.25) is 0 Å². The molecule has 0 aliphatic heterocycles. The van der Waals surface area contributed by atoms with Crippen LogP contribution >= 0.6 is 0 Å². The molecule has 0 saturated carbocycles. The van der Waals surface area contributed by atoms with Crippen LogP contribution in [0, 0.1) is 24.4 Å². The molecule has 0 radical (unpaired) electrons. The fourth-order valence-corrected chi connectivity index (χ4v) is 1.51. The van der Waals surface area contributed by atoms with E-state index in [4.69, 9.17) is 5.73 Å². The second-order valence-electron chi connectivity index (χ2n) is 4.13. The van der Waals surface area contributed by atoms with Crippen LogP contribution in [0.1, 0.15) is 15.9 Å². The van der Waals surface area contributed by atoms with Crippen molar-refractivity contribution < 1.29 is 18.0 Å². The molecule has 0 fully saturated rings. The molecule has 0 saturated heterocycles. The van der Waals surface area contributed by atoms with Crippen LogP contribution in [-0.4, -0.2) is 10.9 Å². The highest BCUT2D eigenvalue weighted by Crippen LogP contribution is 2.16. The zero-order valence-electron chi connectivity index (χ0n) is 10.4. The first-order valence-electron chi connectivity index (χ1n) is 5.56. The lowest BCUT2D eigenvalue weighted by Gasteiger charge is -2.07. The average Bonchev–Trinajstić information content (AvgIpc) is 2.39. The van der Waals surface area contributed by atoms with E-state index >= 15 is 0 Å². The van der Waals surface area contributed by atoms with Gasteiger partial charge in [0.15, 0.2) is 17.5 Å². The van der Waals surface area contributed by atoms with E-state index in [-0.39, 0.29) is 11.4 Å². The number of nitrogens with two attached hydrogens (primary N) is 1. The van der Waals surface area contributed by atoms with Crippen LogP contribution < -0.4 is 11.1 Å². The van der Waals surface area contributed by atoms with Gasteiger partial charge in [-0.25, -0.2) is 18.2 Å². The first-order valence-corrected chi connectivity index (χ1v) is 5.56. The number of carbonyl (C=O) groups is 1. The number of halogens is 3. The summed E-state index contributed by atoms with van der Waals surface area (Å²) in [6, 6.07) is 2.72. The summed E-state index contributed by atoms with van der Waals surface area (Å²) in [5.41, 5.74) is 6.35. The van der Waals surface area contributed by atoms with Gasteiger partial charge in [0.25, 0.3) is 5.91 Å². The molecule has 0 spiro atoms. The molecule has 1 amide bonds. The SMILES string of the molecule is Cc1cc(NC(=O)c2cc(F)c(F)c(F)c2)ncc1N. The number of anilines is 2. The summed E-state index contributed by atoms with van der Waals surface area (Å²) in [4.78, 5) is 15.6. The van der Waals surface area contributed by atoms with Gasteiger partial charge < -0.3 is 11.1 Å². The number of nitrogen functional groups attached to an aromatic ring is 1. The summed E-state index contributed by atoms with van der Waals surface area (Å²) in [5.74, 6) is -5.12. The minimum Gasteiger partial charge on any atom is -0.397 e. The maximum atomic E-state index is 13.0. The average molecular weight is 281 g/mol. The Kier molecular flexibility index (Phi) is 3.60. The van der Waals surface area contributed by atoms with E-state index in [1.807, 2.05) is 0 Å². The molecule has 20 heavy (non-hydrogen) atoms. The van der Waals surface area contributed by atoms with Gasteiger partial charge >= 0.3 is 0 Å². The number of rotatable bonds is 2. The molecular formula is C13H10F3N3O. The number of aromatic nitrogens is 1. The summed E-state index contributed by atoms with van der Waals surface area (Å²) >= 11 is 0. The lowest BCUT2D eigenvalue weighted by Crippen LogP contribution is -2.14. The van der Waals surface area contributed by atoms with Crippen molar-refractivity contribution in [2.45, 2.75) is 6.92 Å². The molecule has 1 heterocycles. The number of nitrogens with zero attached hydrogens (tertiary/aromatic N) is 1. The van der Waals surface area contributed by atoms with E-state index in [0.717, 1.165) is 0 Å². The normalized spacial score (nSPS) is 10.4. The van der Waals surface area contributed by atoms with E-state index < -0.39 is 23.4 Å². The molecule has 2 aromatic rings. The summed E-state index contributed by atoms with van der Waals surface area (Å²) in [6.07, 6.45) is 1.34. The van der Waals surface area contributed by atoms with Crippen LogP contribution in [0.5, 0.6) is 0 Å². The van der Waals surface area contributed by atoms with Crippen LogP contribution in [0.25, 0.3) is 0 Å². The summed E-state index contributed by atoms with van der Waals surface area (Å²) in [6.45, 7) is 1.71.